The van der Waals surface area contributed by atoms with Crippen LogP contribution in [0.4, 0.5) is 8.78 Å². The Morgan fingerprint density at radius 2 is 1.86 bits per heavy atom. The number of alkyl halides is 2. The van der Waals surface area contributed by atoms with E-state index in [0.29, 0.717) is 12.6 Å². The van der Waals surface area contributed by atoms with E-state index in [1.165, 1.54) is 12.1 Å². The molecule has 1 aromatic carbocycles. The van der Waals surface area contributed by atoms with Crippen LogP contribution in [0, 0.1) is 5.92 Å². The predicted octanol–water partition coefficient (Wildman–Crippen LogP) is 2.42. The first kappa shape index (κ1) is 15.7. The first-order chi connectivity index (χ1) is 10.0. The van der Waals surface area contributed by atoms with Gasteiger partial charge in [0.05, 0.1) is 0 Å². The minimum atomic E-state index is -2.80. The monoisotopic (exact) mass is 298 g/mol. The van der Waals surface area contributed by atoms with Crippen molar-refractivity contribution >= 4 is 5.91 Å². The number of halogens is 2. The molecule has 1 aliphatic rings. The van der Waals surface area contributed by atoms with Gasteiger partial charge in [-0.05, 0) is 43.4 Å². The molecule has 116 valence electrons. The zero-order chi connectivity index (χ0) is 15.2. The average molecular weight is 298 g/mol. The lowest BCUT2D eigenvalue weighted by Crippen LogP contribution is -2.36. The van der Waals surface area contributed by atoms with Gasteiger partial charge in [-0.25, -0.2) is 0 Å². The molecule has 1 amide bonds. The van der Waals surface area contributed by atoms with Gasteiger partial charge in [0.15, 0.2) is 0 Å². The number of amides is 1. The molecular weight excluding hydrogens is 278 g/mol. The average Bonchev–Trinajstić information content (AvgIpc) is 2.46. The highest BCUT2D eigenvalue weighted by Crippen LogP contribution is 2.24. The van der Waals surface area contributed by atoms with Crippen LogP contribution in [0.3, 0.4) is 0 Å². The summed E-state index contributed by atoms with van der Waals surface area (Å²) in [4.78, 5) is 11.1. The maximum Gasteiger partial charge on any atom is 0.387 e. The summed E-state index contributed by atoms with van der Waals surface area (Å²) in [6.07, 6.45) is 3.52. The Balaban J connectivity index is 1.75. The van der Waals surface area contributed by atoms with Crippen LogP contribution in [0.15, 0.2) is 24.3 Å². The van der Waals surface area contributed by atoms with Gasteiger partial charge in [-0.3, -0.25) is 4.79 Å². The van der Waals surface area contributed by atoms with E-state index in [2.05, 4.69) is 10.1 Å². The first-order valence-electron chi connectivity index (χ1n) is 7.11. The molecule has 0 atom stereocenters. The van der Waals surface area contributed by atoms with Crippen LogP contribution in [0.25, 0.3) is 0 Å². The molecule has 0 aliphatic heterocycles. The Bertz CT molecular complexity index is 457. The van der Waals surface area contributed by atoms with E-state index in [4.69, 9.17) is 5.73 Å². The van der Waals surface area contributed by atoms with E-state index in [9.17, 15) is 13.6 Å². The summed E-state index contributed by atoms with van der Waals surface area (Å²) in [6.45, 7) is -2.13. The number of hydrogen-bond donors (Lipinski definition) is 2. The standard InChI is InChI=1S/C15H20F2N2O2/c16-15(17)21-13-7-1-10(2-8-13)9-19-12-5-3-11(4-6-12)14(18)20/h1-2,7-8,11-12,15,19H,3-6,9H2,(H2,18,20). The predicted molar refractivity (Wildman–Crippen MR) is 74.9 cm³/mol. The van der Waals surface area contributed by atoms with Gasteiger partial charge >= 0.3 is 6.61 Å². The summed E-state index contributed by atoms with van der Waals surface area (Å²) in [5.74, 6) is -0.0346. The number of nitrogens with one attached hydrogen (secondary N) is 1. The van der Waals surface area contributed by atoms with Crippen LogP contribution in [0.2, 0.25) is 0 Å². The van der Waals surface area contributed by atoms with Crippen LogP contribution in [0.5, 0.6) is 5.75 Å². The van der Waals surface area contributed by atoms with Gasteiger partial charge in [-0.2, -0.15) is 8.78 Å². The van der Waals surface area contributed by atoms with E-state index >= 15 is 0 Å². The SMILES string of the molecule is NC(=O)C1CCC(NCc2ccc(OC(F)F)cc2)CC1. The van der Waals surface area contributed by atoms with Crippen molar-refractivity contribution in [1.82, 2.24) is 5.32 Å². The molecule has 0 spiro atoms. The van der Waals surface area contributed by atoms with E-state index in [-0.39, 0.29) is 17.6 Å². The Labute approximate surface area is 122 Å². The van der Waals surface area contributed by atoms with Gasteiger partial charge < -0.3 is 15.8 Å². The van der Waals surface area contributed by atoms with Gasteiger partial charge in [-0.1, -0.05) is 12.1 Å². The molecule has 0 saturated heterocycles. The number of rotatable bonds is 6. The molecule has 4 nitrogen and oxygen atoms in total. The fourth-order valence-electron chi connectivity index (χ4n) is 2.63. The molecule has 0 radical (unpaired) electrons. The largest absolute Gasteiger partial charge is 0.435 e. The topological polar surface area (TPSA) is 64.4 Å². The van der Waals surface area contributed by atoms with Gasteiger partial charge in [0.25, 0.3) is 0 Å². The van der Waals surface area contributed by atoms with Gasteiger partial charge in [0.2, 0.25) is 5.91 Å². The molecule has 3 N–H and O–H groups in total. The minimum Gasteiger partial charge on any atom is -0.435 e. The number of carbonyl (C=O) groups excluding carboxylic acids is 1. The van der Waals surface area contributed by atoms with Crippen molar-refractivity contribution in [1.29, 1.82) is 0 Å². The van der Waals surface area contributed by atoms with Gasteiger partial charge in [0, 0.05) is 18.5 Å². The lowest BCUT2D eigenvalue weighted by Gasteiger charge is -2.27. The number of carbonyl (C=O) groups is 1. The summed E-state index contributed by atoms with van der Waals surface area (Å²) >= 11 is 0. The summed E-state index contributed by atoms with van der Waals surface area (Å²) in [5.41, 5.74) is 6.31. The zero-order valence-electron chi connectivity index (χ0n) is 11.7. The third-order valence-electron chi connectivity index (χ3n) is 3.87. The van der Waals surface area contributed by atoms with Crippen molar-refractivity contribution in [3.05, 3.63) is 29.8 Å². The highest BCUT2D eigenvalue weighted by molar-refractivity contribution is 5.76. The molecule has 1 aliphatic carbocycles. The molecule has 0 unspecified atom stereocenters. The summed E-state index contributed by atoms with van der Waals surface area (Å²) < 4.78 is 28.4. The molecule has 1 fully saturated rings. The van der Waals surface area contributed by atoms with Crippen molar-refractivity contribution in [3.63, 3.8) is 0 Å². The fourth-order valence-corrected chi connectivity index (χ4v) is 2.63. The van der Waals surface area contributed by atoms with Crippen molar-refractivity contribution in [2.75, 3.05) is 0 Å². The Morgan fingerprint density at radius 3 is 2.38 bits per heavy atom. The molecule has 0 heterocycles. The van der Waals surface area contributed by atoms with Gasteiger partial charge in [0.1, 0.15) is 5.75 Å². The zero-order valence-corrected chi connectivity index (χ0v) is 11.7. The van der Waals surface area contributed by atoms with Crippen molar-refractivity contribution < 1.29 is 18.3 Å². The number of primary amides is 1. The maximum absolute atomic E-state index is 12.0. The van der Waals surface area contributed by atoms with E-state index in [0.717, 1.165) is 31.2 Å². The molecule has 6 heteroatoms. The smallest absolute Gasteiger partial charge is 0.387 e. The number of nitrogens with two attached hydrogens (primary N) is 1. The number of ether oxygens (including phenoxy) is 1. The molecule has 1 saturated carbocycles. The number of hydrogen-bond acceptors (Lipinski definition) is 3. The molecule has 1 aromatic rings. The van der Waals surface area contributed by atoms with Crippen LogP contribution < -0.4 is 15.8 Å². The van der Waals surface area contributed by atoms with E-state index in [1.807, 2.05) is 0 Å². The second-order valence-corrected chi connectivity index (χ2v) is 5.35. The molecule has 0 aromatic heterocycles. The number of benzene rings is 1. The van der Waals surface area contributed by atoms with Crippen molar-refractivity contribution in [3.8, 4) is 5.75 Å². The Kier molecular flexibility index (Phi) is 5.50. The Hall–Kier alpha value is -1.69. The Morgan fingerprint density at radius 1 is 1.24 bits per heavy atom. The summed E-state index contributed by atoms with van der Waals surface area (Å²) in [6, 6.07) is 6.97. The van der Waals surface area contributed by atoms with Gasteiger partial charge in [-0.15, -0.1) is 0 Å². The molecule has 2 rings (SSSR count). The van der Waals surface area contributed by atoms with Crippen LogP contribution >= 0.6 is 0 Å². The van der Waals surface area contributed by atoms with Crippen LogP contribution in [-0.4, -0.2) is 18.6 Å². The normalized spacial score (nSPS) is 22.2. The third-order valence-corrected chi connectivity index (χ3v) is 3.87. The quantitative estimate of drug-likeness (QED) is 0.847. The molecule has 21 heavy (non-hydrogen) atoms. The highest BCUT2D eigenvalue weighted by atomic mass is 19.3. The lowest BCUT2D eigenvalue weighted by atomic mass is 9.85. The maximum atomic E-state index is 12.0. The van der Waals surface area contributed by atoms with E-state index in [1.54, 1.807) is 12.1 Å². The van der Waals surface area contributed by atoms with E-state index < -0.39 is 6.61 Å². The molecular formula is C15H20F2N2O2. The second-order valence-electron chi connectivity index (χ2n) is 5.35. The summed E-state index contributed by atoms with van der Waals surface area (Å²) in [5, 5.41) is 3.42. The van der Waals surface area contributed by atoms with Crippen LogP contribution in [0.1, 0.15) is 31.2 Å². The highest BCUT2D eigenvalue weighted by Gasteiger charge is 2.24. The fraction of sp³-hybridized carbons (Fsp3) is 0.533. The second kappa shape index (κ2) is 7.36. The minimum absolute atomic E-state index is 0.00818. The van der Waals surface area contributed by atoms with Crippen molar-refractivity contribution in [2.24, 2.45) is 11.7 Å². The van der Waals surface area contributed by atoms with Crippen LogP contribution in [-0.2, 0) is 11.3 Å². The molecule has 0 bridgehead atoms. The summed E-state index contributed by atoms with van der Waals surface area (Å²) in [7, 11) is 0. The first-order valence-corrected chi connectivity index (χ1v) is 7.11. The van der Waals surface area contributed by atoms with Crippen molar-refractivity contribution in [2.45, 2.75) is 44.9 Å². The lowest BCUT2D eigenvalue weighted by molar-refractivity contribution is -0.122. The third kappa shape index (κ3) is 4.97.